The molecule has 1 aromatic rings. The Morgan fingerprint density at radius 3 is 2.59 bits per heavy atom. The monoisotopic (exact) mass is 242 g/mol. The summed E-state index contributed by atoms with van der Waals surface area (Å²) in [5.74, 6) is 0.0544. The molecule has 0 radical (unpaired) electrons. The van der Waals surface area contributed by atoms with Crippen molar-refractivity contribution in [3.8, 4) is 5.75 Å². The van der Waals surface area contributed by atoms with Crippen molar-refractivity contribution in [3.63, 3.8) is 0 Å². The molecule has 1 atom stereocenters. The Kier molecular flexibility index (Phi) is 5.94. The van der Waals surface area contributed by atoms with Crippen molar-refractivity contribution in [2.75, 3.05) is 20.3 Å². The molecule has 0 heterocycles. The highest BCUT2D eigenvalue weighted by molar-refractivity contribution is 5.29. The molecule has 1 rings (SSSR count). The summed E-state index contributed by atoms with van der Waals surface area (Å²) in [7, 11) is 1.66. The van der Waals surface area contributed by atoms with E-state index in [1.165, 1.54) is 13.0 Å². The lowest BCUT2D eigenvalue weighted by atomic mass is 10.1. The quantitative estimate of drug-likeness (QED) is 0.747. The van der Waals surface area contributed by atoms with E-state index in [1.54, 1.807) is 19.2 Å². The van der Waals surface area contributed by atoms with Crippen LogP contribution in [0.2, 0.25) is 0 Å². The predicted molar refractivity (Wildman–Crippen MR) is 63.6 cm³/mol. The molecule has 0 amide bonds. The van der Waals surface area contributed by atoms with Crippen molar-refractivity contribution >= 4 is 0 Å². The van der Waals surface area contributed by atoms with Gasteiger partial charge in [-0.25, -0.2) is 4.39 Å². The van der Waals surface area contributed by atoms with Crippen molar-refractivity contribution in [1.82, 2.24) is 0 Å². The molecule has 0 aliphatic heterocycles. The Morgan fingerprint density at radius 2 is 2.00 bits per heavy atom. The summed E-state index contributed by atoms with van der Waals surface area (Å²) in [5.41, 5.74) is 0.289. The van der Waals surface area contributed by atoms with Gasteiger partial charge in [-0.3, -0.25) is 0 Å². The van der Waals surface area contributed by atoms with Gasteiger partial charge in [0.15, 0.2) is 0 Å². The van der Waals surface area contributed by atoms with Gasteiger partial charge >= 0.3 is 0 Å². The average Bonchev–Trinajstić information content (AvgIpc) is 2.28. The molecule has 0 saturated carbocycles. The number of aliphatic hydroxyl groups is 1. The Morgan fingerprint density at radius 1 is 1.29 bits per heavy atom. The maximum Gasteiger partial charge on any atom is 0.132 e. The minimum Gasteiger partial charge on any atom is -0.493 e. The summed E-state index contributed by atoms with van der Waals surface area (Å²) in [6.07, 6.45) is 0.990. The zero-order valence-corrected chi connectivity index (χ0v) is 10.3. The number of halogens is 1. The molecule has 0 fully saturated rings. The molecule has 0 bridgehead atoms. The number of ether oxygens (including phenoxy) is 2. The highest BCUT2D eigenvalue weighted by atomic mass is 19.1. The first-order valence-electron chi connectivity index (χ1n) is 5.74. The molecule has 0 aliphatic carbocycles. The van der Waals surface area contributed by atoms with Gasteiger partial charge in [0.05, 0.1) is 12.7 Å². The lowest BCUT2D eigenvalue weighted by Crippen LogP contribution is -2.01. The summed E-state index contributed by atoms with van der Waals surface area (Å²) in [5, 5.41) is 9.27. The van der Waals surface area contributed by atoms with Crippen LogP contribution in [0.3, 0.4) is 0 Å². The first-order chi connectivity index (χ1) is 8.15. The SMILES string of the molecule is COCCCCOc1ccc([C@H](C)O)c(F)c1. The number of methoxy groups -OCH3 is 1. The van der Waals surface area contributed by atoms with Crippen molar-refractivity contribution < 1.29 is 19.0 Å². The Bertz CT molecular complexity index is 339. The van der Waals surface area contributed by atoms with E-state index in [0.29, 0.717) is 19.0 Å². The third-order valence-electron chi connectivity index (χ3n) is 2.43. The molecular formula is C13H19FO3. The van der Waals surface area contributed by atoms with E-state index in [2.05, 4.69) is 0 Å². The third-order valence-corrected chi connectivity index (χ3v) is 2.43. The van der Waals surface area contributed by atoms with E-state index in [-0.39, 0.29) is 5.56 Å². The zero-order chi connectivity index (χ0) is 12.7. The first-order valence-corrected chi connectivity index (χ1v) is 5.74. The van der Waals surface area contributed by atoms with Gasteiger partial charge in [0.1, 0.15) is 11.6 Å². The maximum absolute atomic E-state index is 13.5. The highest BCUT2D eigenvalue weighted by Gasteiger charge is 2.08. The van der Waals surface area contributed by atoms with Crippen LogP contribution in [0.15, 0.2) is 18.2 Å². The van der Waals surface area contributed by atoms with Gasteiger partial charge in [0.2, 0.25) is 0 Å². The van der Waals surface area contributed by atoms with Gasteiger partial charge in [0, 0.05) is 25.3 Å². The Balaban J connectivity index is 2.42. The lowest BCUT2D eigenvalue weighted by Gasteiger charge is -2.09. The molecule has 1 aromatic carbocycles. The maximum atomic E-state index is 13.5. The van der Waals surface area contributed by atoms with Gasteiger partial charge in [-0.1, -0.05) is 0 Å². The average molecular weight is 242 g/mol. The Hall–Kier alpha value is -1.13. The van der Waals surface area contributed by atoms with Crippen LogP contribution in [0, 0.1) is 5.82 Å². The predicted octanol–water partition coefficient (Wildman–Crippen LogP) is 2.68. The molecular weight excluding hydrogens is 223 g/mol. The van der Waals surface area contributed by atoms with Crippen molar-refractivity contribution in [2.24, 2.45) is 0 Å². The van der Waals surface area contributed by atoms with Gasteiger partial charge < -0.3 is 14.6 Å². The summed E-state index contributed by atoms with van der Waals surface area (Å²) >= 11 is 0. The second kappa shape index (κ2) is 7.25. The van der Waals surface area contributed by atoms with E-state index in [9.17, 15) is 9.50 Å². The van der Waals surface area contributed by atoms with E-state index in [1.807, 2.05) is 0 Å². The fraction of sp³-hybridized carbons (Fsp3) is 0.538. The smallest absolute Gasteiger partial charge is 0.132 e. The molecule has 0 aliphatic rings. The van der Waals surface area contributed by atoms with Crippen LogP contribution in [-0.2, 0) is 4.74 Å². The van der Waals surface area contributed by atoms with Crippen LogP contribution in [0.1, 0.15) is 31.4 Å². The molecule has 0 aromatic heterocycles. The second-order valence-electron chi connectivity index (χ2n) is 3.91. The molecule has 0 spiro atoms. The highest BCUT2D eigenvalue weighted by Crippen LogP contribution is 2.21. The van der Waals surface area contributed by atoms with Crippen LogP contribution < -0.4 is 4.74 Å². The summed E-state index contributed by atoms with van der Waals surface area (Å²) in [4.78, 5) is 0. The standard InChI is InChI=1S/C13H19FO3/c1-10(15)12-6-5-11(9-13(12)14)17-8-4-3-7-16-2/h5-6,9-10,15H,3-4,7-8H2,1-2H3/t10-/m0/s1. The Labute approximate surface area is 101 Å². The number of benzene rings is 1. The minimum absolute atomic E-state index is 0.289. The van der Waals surface area contributed by atoms with Crippen LogP contribution in [0.5, 0.6) is 5.75 Å². The minimum atomic E-state index is -0.800. The first kappa shape index (κ1) is 13.9. The van der Waals surface area contributed by atoms with E-state index >= 15 is 0 Å². The molecule has 0 unspecified atom stereocenters. The van der Waals surface area contributed by atoms with Crippen LogP contribution in [0.4, 0.5) is 4.39 Å². The lowest BCUT2D eigenvalue weighted by molar-refractivity contribution is 0.183. The van der Waals surface area contributed by atoms with Crippen LogP contribution in [0.25, 0.3) is 0 Å². The van der Waals surface area contributed by atoms with Crippen molar-refractivity contribution in [1.29, 1.82) is 0 Å². The molecule has 17 heavy (non-hydrogen) atoms. The molecule has 4 heteroatoms. The van der Waals surface area contributed by atoms with Gasteiger partial charge in [-0.05, 0) is 31.9 Å². The van der Waals surface area contributed by atoms with Crippen molar-refractivity contribution in [2.45, 2.75) is 25.9 Å². The molecule has 1 N–H and O–H groups in total. The van der Waals surface area contributed by atoms with Crippen LogP contribution >= 0.6 is 0 Å². The van der Waals surface area contributed by atoms with Gasteiger partial charge in [-0.2, -0.15) is 0 Å². The summed E-state index contributed by atoms with van der Waals surface area (Å²) in [6, 6.07) is 4.52. The second-order valence-corrected chi connectivity index (χ2v) is 3.91. The topological polar surface area (TPSA) is 38.7 Å². The largest absolute Gasteiger partial charge is 0.493 e. The zero-order valence-electron chi connectivity index (χ0n) is 10.3. The summed E-state index contributed by atoms with van der Waals surface area (Å²) < 4.78 is 23.8. The van der Waals surface area contributed by atoms with E-state index in [4.69, 9.17) is 9.47 Å². The number of hydrogen-bond donors (Lipinski definition) is 1. The number of aliphatic hydroxyl groups excluding tert-OH is 1. The van der Waals surface area contributed by atoms with Gasteiger partial charge in [0.25, 0.3) is 0 Å². The molecule has 96 valence electrons. The van der Waals surface area contributed by atoms with E-state index < -0.39 is 11.9 Å². The summed E-state index contributed by atoms with van der Waals surface area (Å²) in [6.45, 7) is 2.78. The number of hydrogen-bond acceptors (Lipinski definition) is 3. The number of unbranched alkanes of at least 4 members (excludes halogenated alkanes) is 1. The number of rotatable bonds is 7. The normalized spacial score (nSPS) is 12.5. The fourth-order valence-electron chi connectivity index (χ4n) is 1.47. The molecule has 0 saturated heterocycles. The third kappa shape index (κ3) is 4.71. The van der Waals surface area contributed by atoms with Crippen LogP contribution in [-0.4, -0.2) is 25.4 Å². The van der Waals surface area contributed by atoms with E-state index in [0.717, 1.165) is 12.8 Å². The molecule has 3 nitrogen and oxygen atoms in total. The van der Waals surface area contributed by atoms with Gasteiger partial charge in [-0.15, -0.1) is 0 Å². The van der Waals surface area contributed by atoms with Crippen molar-refractivity contribution in [3.05, 3.63) is 29.6 Å². The fourth-order valence-corrected chi connectivity index (χ4v) is 1.47.